The lowest BCUT2D eigenvalue weighted by atomic mass is 9.88. The maximum atomic E-state index is 5.82. The van der Waals surface area contributed by atoms with Gasteiger partial charge in [0.2, 0.25) is 0 Å². The van der Waals surface area contributed by atoms with Crippen molar-refractivity contribution in [3.63, 3.8) is 0 Å². The zero-order chi connectivity index (χ0) is 11.1. The van der Waals surface area contributed by atoms with Crippen LogP contribution >= 0.6 is 0 Å². The molecule has 1 saturated heterocycles. The first-order valence-electron chi connectivity index (χ1n) is 7.01. The molecule has 93 valence electrons. The van der Waals surface area contributed by atoms with E-state index in [4.69, 9.17) is 9.47 Å². The van der Waals surface area contributed by atoms with Gasteiger partial charge in [0.25, 0.3) is 0 Å². The Labute approximate surface area is 99.7 Å². The quantitative estimate of drug-likeness (QED) is 0.680. The van der Waals surface area contributed by atoms with Gasteiger partial charge in [0, 0.05) is 5.92 Å². The first-order chi connectivity index (χ1) is 7.97. The standard InChI is InChI=1S/C14H25O2/c1-2-4-6-8-13(9-7-5-3-1)14-12-15-10-11-16-14/h14H,1-12H2. The van der Waals surface area contributed by atoms with Crippen molar-refractivity contribution < 1.29 is 9.47 Å². The van der Waals surface area contributed by atoms with Crippen molar-refractivity contribution in [1.29, 1.82) is 0 Å². The summed E-state index contributed by atoms with van der Waals surface area (Å²) in [4.78, 5) is 0. The summed E-state index contributed by atoms with van der Waals surface area (Å²) in [6, 6.07) is 0. The van der Waals surface area contributed by atoms with Crippen LogP contribution in [0.15, 0.2) is 0 Å². The summed E-state index contributed by atoms with van der Waals surface area (Å²) in [5, 5.41) is 0. The predicted molar refractivity (Wildman–Crippen MR) is 65.4 cm³/mol. The zero-order valence-corrected chi connectivity index (χ0v) is 10.4. The molecule has 0 aromatic rings. The molecule has 2 fully saturated rings. The smallest absolute Gasteiger partial charge is 0.0871 e. The molecule has 0 aromatic heterocycles. The molecule has 1 unspecified atom stereocenters. The first-order valence-corrected chi connectivity index (χ1v) is 7.01. The zero-order valence-electron chi connectivity index (χ0n) is 10.4. The molecule has 2 heteroatoms. The van der Waals surface area contributed by atoms with Crippen molar-refractivity contribution >= 4 is 0 Å². The number of ether oxygens (including phenoxy) is 2. The molecule has 1 saturated carbocycles. The van der Waals surface area contributed by atoms with Crippen molar-refractivity contribution in [1.82, 2.24) is 0 Å². The number of hydrogen-bond acceptors (Lipinski definition) is 2. The summed E-state index contributed by atoms with van der Waals surface area (Å²) >= 11 is 0. The van der Waals surface area contributed by atoms with Gasteiger partial charge in [-0.1, -0.05) is 44.9 Å². The van der Waals surface area contributed by atoms with Crippen LogP contribution in [0.25, 0.3) is 0 Å². The molecular weight excluding hydrogens is 200 g/mol. The van der Waals surface area contributed by atoms with E-state index in [2.05, 4.69) is 0 Å². The summed E-state index contributed by atoms with van der Waals surface area (Å²) < 4.78 is 11.3. The average molecular weight is 225 g/mol. The second-order valence-electron chi connectivity index (χ2n) is 5.07. The van der Waals surface area contributed by atoms with E-state index >= 15 is 0 Å². The van der Waals surface area contributed by atoms with E-state index in [1.807, 2.05) is 0 Å². The Morgan fingerprint density at radius 2 is 1.38 bits per heavy atom. The highest BCUT2D eigenvalue weighted by molar-refractivity contribution is 4.98. The maximum absolute atomic E-state index is 5.82. The fourth-order valence-electron chi connectivity index (χ4n) is 2.76. The van der Waals surface area contributed by atoms with E-state index in [9.17, 15) is 0 Å². The Balaban J connectivity index is 1.78. The summed E-state index contributed by atoms with van der Waals surface area (Å²) in [6.07, 6.45) is 12.7. The van der Waals surface area contributed by atoms with Gasteiger partial charge >= 0.3 is 0 Å². The third-order valence-electron chi connectivity index (χ3n) is 3.77. The van der Waals surface area contributed by atoms with Crippen LogP contribution in [0.2, 0.25) is 0 Å². The number of hydrogen-bond donors (Lipinski definition) is 0. The van der Waals surface area contributed by atoms with Crippen LogP contribution in [0.5, 0.6) is 0 Å². The van der Waals surface area contributed by atoms with Gasteiger partial charge in [0.05, 0.1) is 25.9 Å². The van der Waals surface area contributed by atoms with E-state index < -0.39 is 0 Å². The molecule has 1 radical (unpaired) electrons. The third kappa shape index (κ3) is 4.06. The molecule has 0 amide bonds. The third-order valence-corrected chi connectivity index (χ3v) is 3.77. The molecule has 2 aliphatic rings. The molecule has 1 atom stereocenters. The molecule has 0 spiro atoms. The molecular formula is C14H25O2. The van der Waals surface area contributed by atoms with E-state index in [-0.39, 0.29) is 0 Å². The highest BCUT2D eigenvalue weighted by Crippen LogP contribution is 2.28. The Morgan fingerprint density at radius 1 is 0.750 bits per heavy atom. The van der Waals surface area contributed by atoms with Gasteiger partial charge in [0.1, 0.15) is 0 Å². The molecule has 2 rings (SSSR count). The molecule has 1 aliphatic carbocycles. The summed E-state index contributed by atoms with van der Waals surface area (Å²) in [5.41, 5.74) is 0. The Morgan fingerprint density at radius 3 is 1.94 bits per heavy atom. The van der Waals surface area contributed by atoms with Crippen molar-refractivity contribution in [2.24, 2.45) is 0 Å². The molecule has 1 heterocycles. The molecule has 0 bridgehead atoms. The predicted octanol–water partition coefficient (Wildman–Crippen LogP) is 3.50. The summed E-state index contributed by atoms with van der Waals surface area (Å²) in [7, 11) is 0. The van der Waals surface area contributed by atoms with Crippen molar-refractivity contribution in [3.05, 3.63) is 5.92 Å². The van der Waals surface area contributed by atoms with Crippen LogP contribution in [0.1, 0.15) is 57.8 Å². The SMILES string of the molecule is C1CCCC[C](C2COCCO2)CCCC1. The second kappa shape index (κ2) is 7.29. The van der Waals surface area contributed by atoms with Crippen molar-refractivity contribution in [2.75, 3.05) is 19.8 Å². The van der Waals surface area contributed by atoms with Gasteiger partial charge in [-0.2, -0.15) is 0 Å². The highest BCUT2D eigenvalue weighted by Gasteiger charge is 2.25. The maximum Gasteiger partial charge on any atom is 0.0871 e. The summed E-state index contributed by atoms with van der Waals surface area (Å²) in [5.74, 6) is 1.63. The normalized spacial score (nSPS) is 31.1. The minimum Gasteiger partial charge on any atom is -0.376 e. The van der Waals surface area contributed by atoms with Crippen LogP contribution in [-0.2, 0) is 9.47 Å². The minimum absolute atomic E-state index is 0.313. The van der Waals surface area contributed by atoms with Crippen LogP contribution in [0.4, 0.5) is 0 Å². The van der Waals surface area contributed by atoms with E-state index in [1.165, 1.54) is 57.8 Å². The van der Waals surface area contributed by atoms with Crippen LogP contribution < -0.4 is 0 Å². The molecule has 16 heavy (non-hydrogen) atoms. The minimum atomic E-state index is 0.313. The summed E-state index contributed by atoms with van der Waals surface area (Å²) in [6.45, 7) is 2.37. The van der Waals surface area contributed by atoms with Crippen LogP contribution in [-0.4, -0.2) is 25.9 Å². The van der Waals surface area contributed by atoms with Gasteiger partial charge in [-0.05, 0) is 12.8 Å². The van der Waals surface area contributed by atoms with Gasteiger partial charge in [0.15, 0.2) is 0 Å². The molecule has 1 aliphatic heterocycles. The average Bonchev–Trinajstić information content (AvgIpc) is 2.37. The lowest BCUT2D eigenvalue weighted by Crippen LogP contribution is -2.34. The fraction of sp³-hybridized carbons (Fsp3) is 0.929. The van der Waals surface area contributed by atoms with E-state index in [0.29, 0.717) is 6.10 Å². The Bertz CT molecular complexity index is 166. The van der Waals surface area contributed by atoms with Crippen molar-refractivity contribution in [2.45, 2.75) is 63.9 Å². The Kier molecular flexibility index (Phi) is 5.64. The topological polar surface area (TPSA) is 18.5 Å². The fourth-order valence-corrected chi connectivity index (χ4v) is 2.76. The molecule has 0 aromatic carbocycles. The van der Waals surface area contributed by atoms with Crippen molar-refractivity contribution in [3.8, 4) is 0 Å². The van der Waals surface area contributed by atoms with Gasteiger partial charge in [-0.15, -0.1) is 0 Å². The largest absolute Gasteiger partial charge is 0.376 e. The Hall–Kier alpha value is -0.0800. The van der Waals surface area contributed by atoms with Gasteiger partial charge in [-0.25, -0.2) is 0 Å². The van der Waals surface area contributed by atoms with E-state index in [1.54, 1.807) is 5.92 Å². The monoisotopic (exact) mass is 225 g/mol. The lowest BCUT2D eigenvalue weighted by molar-refractivity contribution is -0.0841. The van der Waals surface area contributed by atoms with Crippen LogP contribution in [0, 0.1) is 5.92 Å². The second-order valence-corrected chi connectivity index (χ2v) is 5.07. The van der Waals surface area contributed by atoms with Gasteiger partial charge in [-0.3, -0.25) is 0 Å². The van der Waals surface area contributed by atoms with Gasteiger partial charge < -0.3 is 9.47 Å². The molecule has 0 N–H and O–H groups in total. The first kappa shape index (κ1) is 12.4. The van der Waals surface area contributed by atoms with Crippen LogP contribution in [0.3, 0.4) is 0 Å². The van der Waals surface area contributed by atoms with E-state index in [0.717, 1.165) is 19.8 Å². The lowest BCUT2D eigenvalue weighted by Gasteiger charge is -2.30. The highest BCUT2D eigenvalue weighted by atomic mass is 16.6. The number of rotatable bonds is 1. The molecule has 2 nitrogen and oxygen atoms in total.